The molecule has 1 spiro atoms. The van der Waals surface area contributed by atoms with Crippen molar-refractivity contribution in [3.05, 3.63) is 41.5 Å². The third-order valence-electron chi connectivity index (χ3n) is 6.18. The van der Waals surface area contributed by atoms with Crippen molar-refractivity contribution in [3.63, 3.8) is 0 Å². The zero-order valence-electron chi connectivity index (χ0n) is 16.5. The molecule has 2 saturated heterocycles. The van der Waals surface area contributed by atoms with Crippen molar-refractivity contribution < 1.29 is 13.6 Å². The number of halogens is 1. The van der Waals surface area contributed by atoms with Crippen molar-refractivity contribution in [3.8, 4) is 11.5 Å². The van der Waals surface area contributed by atoms with Crippen LogP contribution in [0.15, 0.2) is 28.7 Å². The Morgan fingerprint density at radius 1 is 1.29 bits per heavy atom. The van der Waals surface area contributed by atoms with Crippen LogP contribution in [0, 0.1) is 12.7 Å². The fourth-order valence-corrected chi connectivity index (χ4v) is 4.35. The predicted molar refractivity (Wildman–Crippen MR) is 104 cm³/mol. The Balaban J connectivity index is 1.52. The smallest absolute Gasteiger partial charge is 0.229 e. The van der Waals surface area contributed by atoms with E-state index in [0.717, 1.165) is 50.5 Å². The number of hydrogen-bond donors (Lipinski definition) is 1. The SMILES string of the molecule is Cc1oc(-c2ccccc2F)nc1CN1CCN(C)C2(CCNC(=O)CC2)C1. The van der Waals surface area contributed by atoms with Gasteiger partial charge in [-0.15, -0.1) is 0 Å². The highest BCUT2D eigenvalue weighted by Crippen LogP contribution is 2.32. The van der Waals surface area contributed by atoms with Gasteiger partial charge in [-0.25, -0.2) is 9.37 Å². The molecule has 2 aliphatic rings. The molecular weight excluding hydrogens is 359 g/mol. The minimum atomic E-state index is -0.329. The molecule has 4 rings (SSSR count). The Bertz CT molecular complexity index is 868. The van der Waals surface area contributed by atoms with E-state index in [0.29, 0.717) is 24.4 Å². The van der Waals surface area contributed by atoms with Crippen LogP contribution in [-0.2, 0) is 11.3 Å². The number of oxazole rings is 1. The highest BCUT2D eigenvalue weighted by Gasteiger charge is 2.41. The molecule has 1 aromatic heterocycles. The van der Waals surface area contributed by atoms with Gasteiger partial charge in [-0.3, -0.25) is 14.6 Å². The molecule has 1 N–H and O–H groups in total. The number of aromatic nitrogens is 1. The largest absolute Gasteiger partial charge is 0.441 e. The van der Waals surface area contributed by atoms with Crippen molar-refractivity contribution >= 4 is 5.91 Å². The molecule has 150 valence electrons. The van der Waals surface area contributed by atoms with Gasteiger partial charge in [-0.2, -0.15) is 0 Å². The molecule has 0 radical (unpaired) electrons. The lowest BCUT2D eigenvalue weighted by molar-refractivity contribution is -0.121. The number of benzene rings is 1. The monoisotopic (exact) mass is 386 g/mol. The second-order valence-electron chi connectivity index (χ2n) is 7.96. The highest BCUT2D eigenvalue weighted by atomic mass is 19.1. The first-order valence-corrected chi connectivity index (χ1v) is 9.88. The number of carbonyl (C=O) groups excluding carboxylic acids is 1. The number of nitrogens with zero attached hydrogens (tertiary/aromatic N) is 3. The fourth-order valence-electron chi connectivity index (χ4n) is 4.35. The van der Waals surface area contributed by atoms with Gasteiger partial charge in [-0.1, -0.05) is 12.1 Å². The molecule has 1 aromatic carbocycles. The molecule has 1 unspecified atom stereocenters. The normalized spacial score (nSPS) is 24.3. The van der Waals surface area contributed by atoms with Crippen molar-refractivity contribution in [1.29, 1.82) is 0 Å². The number of aryl methyl sites for hydroxylation is 1. The molecule has 3 heterocycles. The molecule has 2 aliphatic heterocycles. The van der Waals surface area contributed by atoms with Gasteiger partial charge in [0.2, 0.25) is 11.8 Å². The molecule has 0 saturated carbocycles. The minimum Gasteiger partial charge on any atom is -0.441 e. The molecule has 0 aliphatic carbocycles. The summed E-state index contributed by atoms with van der Waals surface area (Å²) in [6, 6.07) is 6.54. The summed E-state index contributed by atoms with van der Waals surface area (Å²) in [5, 5.41) is 2.99. The molecule has 1 atom stereocenters. The first-order valence-electron chi connectivity index (χ1n) is 9.88. The number of nitrogens with one attached hydrogen (secondary N) is 1. The first kappa shape index (κ1) is 19.1. The van der Waals surface area contributed by atoms with Crippen molar-refractivity contribution in [2.24, 2.45) is 0 Å². The van der Waals surface area contributed by atoms with E-state index in [4.69, 9.17) is 4.42 Å². The van der Waals surface area contributed by atoms with Gasteiger partial charge in [0.1, 0.15) is 11.6 Å². The Labute approximate surface area is 164 Å². The molecule has 6 nitrogen and oxygen atoms in total. The molecule has 1 amide bonds. The number of piperazine rings is 1. The number of hydrogen-bond acceptors (Lipinski definition) is 5. The second-order valence-corrected chi connectivity index (χ2v) is 7.96. The summed E-state index contributed by atoms with van der Waals surface area (Å²) in [4.78, 5) is 21.2. The first-order chi connectivity index (χ1) is 13.5. The third kappa shape index (κ3) is 3.69. The quantitative estimate of drug-likeness (QED) is 0.879. The van der Waals surface area contributed by atoms with Crippen LogP contribution in [0.2, 0.25) is 0 Å². The topological polar surface area (TPSA) is 61.6 Å². The van der Waals surface area contributed by atoms with E-state index in [-0.39, 0.29) is 17.3 Å². The average Bonchev–Trinajstić information content (AvgIpc) is 2.92. The minimum absolute atomic E-state index is 0.00339. The number of rotatable bonds is 3. The highest BCUT2D eigenvalue weighted by molar-refractivity contribution is 5.76. The van der Waals surface area contributed by atoms with Gasteiger partial charge in [0.05, 0.1) is 11.3 Å². The van der Waals surface area contributed by atoms with Gasteiger partial charge in [0.25, 0.3) is 0 Å². The summed E-state index contributed by atoms with van der Waals surface area (Å²) in [5.41, 5.74) is 1.24. The van der Waals surface area contributed by atoms with Gasteiger partial charge < -0.3 is 9.73 Å². The number of carbonyl (C=O) groups is 1. The number of amides is 1. The molecule has 2 aromatic rings. The van der Waals surface area contributed by atoms with Crippen molar-refractivity contribution in [1.82, 2.24) is 20.1 Å². The third-order valence-corrected chi connectivity index (χ3v) is 6.18. The standard InChI is InChI=1S/C21H27FN4O2/c1-15-18(24-20(28-15)16-5-3-4-6-17(16)22)13-26-12-11-25(2)21(14-26)8-7-19(27)23-10-9-21/h3-6H,7-14H2,1-2H3,(H,23,27). The molecule has 0 bridgehead atoms. The van der Waals surface area contributed by atoms with Crippen LogP contribution in [-0.4, -0.2) is 59.5 Å². The van der Waals surface area contributed by atoms with Gasteiger partial charge >= 0.3 is 0 Å². The van der Waals surface area contributed by atoms with E-state index in [1.165, 1.54) is 6.07 Å². The maximum Gasteiger partial charge on any atom is 0.229 e. The lowest BCUT2D eigenvalue weighted by Crippen LogP contribution is -2.60. The van der Waals surface area contributed by atoms with Crippen molar-refractivity contribution in [2.75, 3.05) is 33.2 Å². The fraction of sp³-hybridized carbons (Fsp3) is 0.524. The zero-order chi connectivity index (χ0) is 19.7. The van der Waals surface area contributed by atoms with E-state index in [1.54, 1.807) is 18.2 Å². The summed E-state index contributed by atoms with van der Waals surface area (Å²) < 4.78 is 19.8. The van der Waals surface area contributed by atoms with E-state index in [2.05, 4.69) is 27.1 Å². The van der Waals surface area contributed by atoms with Crippen LogP contribution in [0.1, 0.15) is 30.7 Å². The molecular formula is C21H27FN4O2. The molecule has 7 heteroatoms. The summed E-state index contributed by atoms with van der Waals surface area (Å²) in [6.45, 7) is 6.04. The molecule has 2 fully saturated rings. The van der Waals surface area contributed by atoms with Crippen LogP contribution in [0.4, 0.5) is 4.39 Å². The van der Waals surface area contributed by atoms with Crippen LogP contribution in [0.25, 0.3) is 11.5 Å². The molecule has 28 heavy (non-hydrogen) atoms. The van der Waals surface area contributed by atoms with Gasteiger partial charge in [0, 0.05) is 44.7 Å². The summed E-state index contributed by atoms with van der Waals surface area (Å²) >= 11 is 0. The average molecular weight is 386 g/mol. The predicted octanol–water partition coefficient (Wildman–Crippen LogP) is 2.58. The summed E-state index contributed by atoms with van der Waals surface area (Å²) in [5.74, 6) is 0.872. The van der Waals surface area contributed by atoms with Crippen LogP contribution < -0.4 is 5.32 Å². The van der Waals surface area contributed by atoms with Crippen LogP contribution in [0.3, 0.4) is 0 Å². The number of likely N-dealkylation sites (N-methyl/N-ethyl adjacent to an activating group) is 1. The Morgan fingerprint density at radius 3 is 2.93 bits per heavy atom. The lowest BCUT2D eigenvalue weighted by atomic mass is 9.86. The maximum absolute atomic E-state index is 14.1. The Hall–Kier alpha value is -2.25. The van der Waals surface area contributed by atoms with Gasteiger partial charge in [0.15, 0.2) is 0 Å². The maximum atomic E-state index is 14.1. The zero-order valence-corrected chi connectivity index (χ0v) is 16.5. The summed E-state index contributed by atoms with van der Waals surface area (Å²) in [7, 11) is 2.16. The second kappa shape index (κ2) is 7.64. The van der Waals surface area contributed by atoms with E-state index in [1.807, 2.05) is 6.92 Å². The van der Waals surface area contributed by atoms with E-state index < -0.39 is 0 Å². The van der Waals surface area contributed by atoms with Gasteiger partial charge in [-0.05, 0) is 38.9 Å². The van der Waals surface area contributed by atoms with E-state index in [9.17, 15) is 9.18 Å². The van der Waals surface area contributed by atoms with Crippen molar-refractivity contribution in [2.45, 2.75) is 38.3 Å². The summed E-state index contributed by atoms with van der Waals surface area (Å²) in [6.07, 6.45) is 2.38. The van der Waals surface area contributed by atoms with Crippen LogP contribution >= 0.6 is 0 Å². The Kier molecular flexibility index (Phi) is 5.21. The van der Waals surface area contributed by atoms with Crippen LogP contribution in [0.5, 0.6) is 0 Å². The lowest BCUT2D eigenvalue weighted by Gasteiger charge is -2.49. The Morgan fingerprint density at radius 2 is 2.11 bits per heavy atom. The van der Waals surface area contributed by atoms with E-state index >= 15 is 0 Å².